The van der Waals surface area contributed by atoms with Crippen LogP contribution in [0.15, 0.2) is 35.2 Å². The maximum Gasteiger partial charge on any atom is 0.252 e. The van der Waals surface area contributed by atoms with E-state index in [0.717, 1.165) is 9.87 Å². The lowest BCUT2D eigenvalue weighted by atomic mass is 9.87. The highest BCUT2D eigenvalue weighted by Crippen LogP contribution is 2.36. The average molecular weight is 440 g/mol. The van der Waals surface area contributed by atoms with Gasteiger partial charge in [0, 0.05) is 17.5 Å². The highest BCUT2D eigenvalue weighted by Gasteiger charge is 2.43. The van der Waals surface area contributed by atoms with Crippen LogP contribution >= 0.6 is 11.6 Å². The van der Waals surface area contributed by atoms with Crippen molar-refractivity contribution >= 4 is 27.5 Å². The van der Waals surface area contributed by atoms with Gasteiger partial charge in [-0.2, -0.15) is 4.31 Å². The van der Waals surface area contributed by atoms with Gasteiger partial charge in [-0.1, -0.05) is 30.7 Å². The summed E-state index contributed by atoms with van der Waals surface area (Å²) in [4.78, 5) is 12.8. The van der Waals surface area contributed by atoms with Crippen molar-refractivity contribution in [2.24, 2.45) is 5.84 Å². The fourth-order valence-electron chi connectivity index (χ4n) is 3.95. The summed E-state index contributed by atoms with van der Waals surface area (Å²) < 4.78 is 42.5. The molecule has 1 unspecified atom stereocenters. The van der Waals surface area contributed by atoms with Crippen molar-refractivity contribution in [3.05, 3.63) is 63.4 Å². The summed E-state index contributed by atoms with van der Waals surface area (Å²) in [6, 6.07) is 6.42. The third-order valence-electron chi connectivity index (χ3n) is 5.60. The first-order chi connectivity index (χ1) is 13.6. The number of rotatable bonds is 4. The molecule has 1 aliphatic rings. The second kappa shape index (κ2) is 8.02. The summed E-state index contributed by atoms with van der Waals surface area (Å²) in [6.07, 6.45) is 0.405. The predicted molar refractivity (Wildman–Crippen MR) is 109 cm³/mol. The number of hydrazine groups is 1. The van der Waals surface area contributed by atoms with E-state index >= 15 is 0 Å². The number of nitrogens with one attached hydrogen (secondary N) is 1. The molecule has 2 aromatic carbocycles. The first-order valence-electron chi connectivity index (χ1n) is 9.16. The van der Waals surface area contributed by atoms with Crippen LogP contribution in [0.25, 0.3) is 0 Å². The average Bonchev–Trinajstić information content (AvgIpc) is 2.67. The van der Waals surface area contributed by atoms with Crippen molar-refractivity contribution in [1.29, 1.82) is 0 Å². The molecule has 0 saturated heterocycles. The van der Waals surface area contributed by atoms with Crippen LogP contribution in [-0.2, 0) is 21.2 Å². The van der Waals surface area contributed by atoms with Gasteiger partial charge in [0.05, 0.1) is 4.90 Å². The molecule has 0 aromatic heterocycles. The number of halogens is 2. The van der Waals surface area contributed by atoms with Gasteiger partial charge < -0.3 is 0 Å². The smallest absolute Gasteiger partial charge is 0.252 e. The van der Waals surface area contributed by atoms with Crippen LogP contribution < -0.4 is 11.3 Å². The van der Waals surface area contributed by atoms with Crippen molar-refractivity contribution in [2.75, 3.05) is 6.54 Å². The number of carbonyl (C=O) groups excluding carboxylic acids is 1. The van der Waals surface area contributed by atoms with Gasteiger partial charge in [0.2, 0.25) is 10.0 Å². The number of sulfonamides is 1. The second-order valence-electron chi connectivity index (χ2n) is 7.26. The number of carbonyl (C=O) groups is 1. The third kappa shape index (κ3) is 3.77. The SMILES string of the molecule is Cc1ccc(F)c(C(C)[C@@H](C(=O)NN)N2CCc3ccc(Cl)cc3S2(=O)=O)c1C. The lowest BCUT2D eigenvalue weighted by Gasteiger charge is -2.37. The standard InChI is InChI=1S/C20H23ClFN3O3S/c1-11-4-7-16(22)18(12(11)2)13(3)19(20(26)24-23)25-9-8-14-5-6-15(21)10-17(14)29(25,27)28/h4-7,10,13,19H,8-9,23H2,1-3H3,(H,24,26)/t13?,19-/m0/s1. The Balaban J connectivity index is 2.14. The Bertz CT molecular complexity index is 1070. The van der Waals surface area contributed by atoms with Crippen molar-refractivity contribution in [1.82, 2.24) is 9.73 Å². The predicted octanol–water partition coefficient (Wildman–Crippen LogP) is 2.80. The summed E-state index contributed by atoms with van der Waals surface area (Å²) in [5.74, 6) is 3.41. The number of amides is 1. The zero-order valence-electron chi connectivity index (χ0n) is 16.4. The Morgan fingerprint density at radius 3 is 2.62 bits per heavy atom. The number of nitrogens with two attached hydrogens (primary N) is 1. The maximum atomic E-state index is 14.7. The van der Waals surface area contributed by atoms with E-state index in [2.05, 4.69) is 0 Å². The maximum absolute atomic E-state index is 14.7. The normalized spacial score (nSPS) is 18.0. The minimum atomic E-state index is -4.04. The summed E-state index contributed by atoms with van der Waals surface area (Å²) in [7, 11) is -4.04. The van der Waals surface area contributed by atoms with E-state index in [9.17, 15) is 17.6 Å². The molecule has 0 fully saturated rings. The van der Waals surface area contributed by atoms with Gasteiger partial charge in [0.1, 0.15) is 11.9 Å². The molecule has 0 bridgehead atoms. The van der Waals surface area contributed by atoms with E-state index in [-0.39, 0.29) is 16.5 Å². The first kappa shape index (κ1) is 21.7. The highest BCUT2D eigenvalue weighted by atomic mass is 35.5. The van der Waals surface area contributed by atoms with E-state index in [1.165, 1.54) is 12.1 Å². The summed E-state index contributed by atoms with van der Waals surface area (Å²) in [6.45, 7) is 5.29. The zero-order valence-corrected chi connectivity index (χ0v) is 17.9. The van der Waals surface area contributed by atoms with Crippen LogP contribution in [0.2, 0.25) is 5.02 Å². The van der Waals surface area contributed by atoms with E-state index in [4.69, 9.17) is 17.4 Å². The summed E-state index contributed by atoms with van der Waals surface area (Å²) in [5, 5.41) is 0.280. The Morgan fingerprint density at radius 2 is 1.97 bits per heavy atom. The van der Waals surface area contributed by atoms with E-state index < -0.39 is 33.7 Å². The second-order valence-corrected chi connectivity index (χ2v) is 9.56. The molecule has 3 N–H and O–H groups in total. The van der Waals surface area contributed by atoms with Gasteiger partial charge in [-0.25, -0.2) is 18.7 Å². The van der Waals surface area contributed by atoms with E-state index in [0.29, 0.717) is 23.1 Å². The first-order valence-corrected chi connectivity index (χ1v) is 11.0. The van der Waals surface area contributed by atoms with E-state index in [1.807, 2.05) is 12.3 Å². The van der Waals surface area contributed by atoms with Crippen molar-refractivity contribution in [3.8, 4) is 0 Å². The van der Waals surface area contributed by atoms with Crippen LogP contribution in [0.1, 0.15) is 35.1 Å². The van der Waals surface area contributed by atoms with Gasteiger partial charge in [0.25, 0.3) is 5.91 Å². The molecule has 3 rings (SSSR count). The minimum absolute atomic E-state index is 0.0553. The number of fused-ring (bicyclic) bond motifs is 1. The molecule has 2 atom stereocenters. The van der Waals surface area contributed by atoms with Gasteiger partial charge in [-0.05, 0) is 60.7 Å². The number of aryl methyl sites for hydroxylation is 1. The van der Waals surface area contributed by atoms with Gasteiger partial charge in [-0.15, -0.1) is 0 Å². The third-order valence-corrected chi connectivity index (χ3v) is 7.80. The molecule has 1 amide bonds. The van der Waals surface area contributed by atoms with Crippen molar-refractivity contribution in [2.45, 2.75) is 44.0 Å². The number of benzene rings is 2. The Labute approximate surface area is 174 Å². The van der Waals surface area contributed by atoms with Crippen LogP contribution in [0, 0.1) is 19.7 Å². The fraction of sp³-hybridized carbons (Fsp3) is 0.350. The number of hydrogen-bond acceptors (Lipinski definition) is 4. The van der Waals surface area contributed by atoms with Gasteiger partial charge in [0.15, 0.2) is 0 Å². The Morgan fingerprint density at radius 1 is 1.28 bits per heavy atom. The van der Waals surface area contributed by atoms with Crippen LogP contribution in [0.5, 0.6) is 0 Å². The van der Waals surface area contributed by atoms with Gasteiger partial charge in [-0.3, -0.25) is 10.2 Å². The molecular formula is C20H23ClFN3O3S. The monoisotopic (exact) mass is 439 g/mol. The number of hydrogen-bond donors (Lipinski definition) is 2. The molecule has 1 heterocycles. The molecule has 1 aliphatic heterocycles. The van der Waals surface area contributed by atoms with Crippen LogP contribution in [0.3, 0.4) is 0 Å². The lowest BCUT2D eigenvalue weighted by Crippen LogP contribution is -2.55. The summed E-state index contributed by atoms with van der Waals surface area (Å²) >= 11 is 6.01. The van der Waals surface area contributed by atoms with Crippen molar-refractivity contribution < 1.29 is 17.6 Å². The molecule has 29 heavy (non-hydrogen) atoms. The molecule has 9 heteroatoms. The van der Waals surface area contributed by atoms with Crippen LogP contribution in [0.4, 0.5) is 4.39 Å². The van der Waals surface area contributed by atoms with E-state index in [1.54, 1.807) is 32.0 Å². The largest absolute Gasteiger partial charge is 0.293 e. The topological polar surface area (TPSA) is 92.5 Å². The lowest BCUT2D eigenvalue weighted by molar-refractivity contribution is -0.125. The quantitative estimate of drug-likeness (QED) is 0.435. The summed E-state index contributed by atoms with van der Waals surface area (Å²) in [5.41, 5.74) is 4.49. The molecule has 0 saturated carbocycles. The van der Waals surface area contributed by atoms with Crippen molar-refractivity contribution in [3.63, 3.8) is 0 Å². The molecule has 6 nitrogen and oxygen atoms in total. The molecule has 2 aromatic rings. The minimum Gasteiger partial charge on any atom is -0.293 e. The Kier molecular flexibility index (Phi) is 6.01. The van der Waals surface area contributed by atoms with Crippen LogP contribution in [-0.4, -0.2) is 31.2 Å². The fourth-order valence-corrected chi connectivity index (χ4v) is 6.13. The molecule has 0 spiro atoms. The Hall–Kier alpha value is -2.00. The molecule has 0 radical (unpaired) electrons. The molecule has 156 valence electrons. The van der Waals surface area contributed by atoms with Gasteiger partial charge >= 0.3 is 0 Å². The molecule has 0 aliphatic carbocycles. The number of nitrogens with zero attached hydrogens (tertiary/aromatic N) is 1. The zero-order chi connectivity index (χ0) is 21.5. The highest BCUT2D eigenvalue weighted by molar-refractivity contribution is 7.89. The molecular weight excluding hydrogens is 417 g/mol.